The largest absolute Gasteiger partial charge is 0.423 e. The molecule has 1 N–H and O–H groups in total. The summed E-state index contributed by atoms with van der Waals surface area (Å²) >= 11 is 0. The zero-order valence-corrected chi connectivity index (χ0v) is 8.56. The number of fused-ring (bicyclic) bond motifs is 1. The van der Waals surface area contributed by atoms with Crippen molar-refractivity contribution < 1.29 is 13.9 Å². The molecule has 2 aromatic rings. The van der Waals surface area contributed by atoms with E-state index in [1.807, 2.05) is 4.90 Å². The van der Waals surface area contributed by atoms with Crippen molar-refractivity contribution in [2.24, 2.45) is 5.92 Å². The van der Waals surface area contributed by atoms with E-state index in [0.717, 1.165) is 13.1 Å². The molecule has 16 heavy (non-hydrogen) atoms. The predicted molar refractivity (Wildman–Crippen MR) is 56.8 cm³/mol. The predicted octanol–water partition coefficient (Wildman–Crippen LogP) is 1.40. The van der Waals surface area contributed by atoms with Crippen LogP contribution in [0.15, 0.2) is 22.6 Å². The maximum Gasteiger partial charge on any atom is 0.298 e. The van der Waals surface area contributed by atoms with Crippen molar-refractivity contribution in [1.82, 2.24) is 4.98 Å². The Balaban J connectivity index is 1.89. The molecule has 0 aliphatic carbocycles. The van der Waals surface area contributed by atoms with E-state index in [2.05, 4.69) is 4.98 Å². The monoisotopic (exact) mass is 222 g/mol. The Morgan fingerprint density at radius 3 is 3.06 bits per heavy atom. The molecular weight excluding hydrogens is 211 g/mol. The summed E-state index contributed by atoms with van der Waals surface area (Å²) in [5.41, 5.74) is 1.12. The molecular formula is C11H11FN2O2. The van der Waals surface area contributed by atoms with Crippen molar-refractivity contribution >= 4 is 17.1 Å². The zero-order chi connectivity index (χ0) is 11.1. The molecule has 2 heterocycles. The van der Waals surface area contributed by atoms with Crippen molar-refractivity contribution in [3.05, 3.63) is 24.0 Å². The van der Waals surface area contributed by atoms with Crippen LogP contribution in [0.3, 0.4) is 0 Å². The van der Waals surface area contributed by atoms with Crippen LogP contribution < -0.4 is 4.90 Å². The number of anilines is 1. The highest BCUT2D eigenvalue weighted by atomic mass is 19.1. The number of hydrogen-bond acceptors (Lipinski definition) is 4. The van der Waals surface area contributed by atoms with Crippen LogP contribution in [0, 0.1) is 11.7 Å². The third-order valence-corrected chi connectivity index (χ3v) is 2.83. The Morgan fingerprint density at radius 1 is 1.50 bits per heavy atom. The Morgan fingerprint density at radius 2 is 2.31 bits per heavy atom. The minimum Gasteiger partial charge on any atom is -0.423 e. The third kappa shape index (κ3) is 1.44. The molecule has 0 saturated carbocycles. The van der Waals surface area contributed by atoms with Crippen molar-refractivity contribution in [3.63, 3.8) is 0 Å². The zero-order valence-electron chi connectivity index (χ0n) is 8.56. The molecule has 84 valence electrons. The molecule has 3 rings (SSSR count). The Bertz CT molecular complexity index is 520. The Kier molecular flexibility index (Phi) is 2.07. The highest BCUT2D eigenvalue weighted by Crippen LogP contribution is 2.27. The molecule has 0 unspecified atom stereocenters. The van der Waals surface area contributed by atoms with E-state index in [0.29, 0.717) is 23.0 Å². The number of aliphatic hydroxyl groups is 1. The molecule has 1 aliphatic heterocycles. The summed E-state index contributed by atoms with van der Waals surface area (Å²) < 4.78 is 18.4. The molecule has 0 atom stereocenters. The van der Waals surface area contributed by atoms with Crippen LogP contribution in [0.1, 0.15) is 0 Å². The lowest BCUT2D eigenvalue weighted by Gasteiger charge is -2.36. The Labute approximate surface area is 91.3 Å². The van der Waals surface area contributed by atoms with Gasteiger partial charge in [0.1, 0.15) is 11.3 Å². The summed E-state index contributed by atoms with van der Waals surface area (Å²) in [6.45, 7) is 1.67. The van der Waals surface area contributed by atoms with Gasteiger partial charge in [0.05, 0.1) is 0 Å². The average Bonchev–Trinajstić information content (AvgIpc) is 2.58. The van der Waals surface area contributed by atoms with Crippen molar-refractivity contribution in [3.8, 4) is 0 Å². The smallest absolute Gasteiger partial charge is 0.298 e. The van der Waals surface area contributed by atoms with Gasteiger partial charge in [-0.05, 0) is 12.1 Å². The van der Waals surface area contributed by atoms with Crippen LogP contribution in [0.5, 0.6) is 0 Å². The SMILES string of the molecule is OCC1CN(c2nc3ccc(F)cc3o2)C1. The van der Waals surface area contributed by atoms with Gasteiger partial charge in [-0.3, -0.25) is 0 Å². The average molecular weight is 222 g/mol. The summed E-state index contributed by atoms with van der Waals surface area (Å²) in [7, 11) is 0. The van der Waals surface area contributed by atoms with Crippen LogP contribution in [-0.2, 0) is 0 Å². The molecule has 4 nitrogen and oxygen atoms in total. The molecule has 1 aliphatic rings. The van der Waals surface area contributed by atoms with Crippen LogP contribution >= 0.6 is 0 Å². The minimum atomic E-state index is -0.327. The van der Waals surface area contributed by atoms with E-state index in [-0.39, 0.29) is 12.4 Å². The van der Waals surface area contributed by atoms with Gasteiger partial charge in [-0.15, -0.1) is 0 Å². The number of aliphatic hydroxyl groups excluding tert-OH is 1. The molecule has 0 spiro atoms. The van der Waals surface area contributed by atoms with Crippen molar-refractivity contribution in [1.29, 1.82) is 0 Å². The second-order valence-electron chi connectivity index (χ2n) is 4.06. The van der Waals surface area contributed by atoms with Crippen LogP contribution in [-0.4, -0.2) is 29.8 Å². The first kappa shape index (κ1) is 9.59. The number of aromatic nitrogens is 1. The van der Waals surface area contributed by atoms with Gasteiger partial charge in [0.2, 0.25) is 0 Å². The number of benzene rings is 1. The van der Waals surface area contributed by atoms with Gasteiger partial charge in [-0.1, -0.05) is 0 Å². The first-order valence-electron chi connectivity index (χ1n) is 5.18. The third-order valence-electron chi connectivity index (χ3n) is 2.83. The van der Waals surface area contributed by atoms with Gasteiger partial charge < -0.3 is 14.4 Å². The fraction of sp³-hybridized carbons (Fsp3) is 0.364. The lowest BCUT2D eigenvalue weighted by molar-refractivity contribution is 0.196. The van der Waals surface area contributed by atoms with E-state index >= 15 is 0 Å². The van der Waals surface area contributed by atoms with Gasteiger partial charge in [-0.2, -0.15) is 4.98 Å². The molecule has 1 fully saturated rings. The van der Waals surface area contributed by atoms with E-state index in [1.54, 1.807) is 6.07 Å². The molecule has 1 aromatic carbocycles. The lowest BCUT2D eigenvalue weighted by atomic mass is 10.0. The van der Waals surface area contributed by atoms with Crippen LogP contribution in [0.25, 0.3) is 11.1 Å². The van der Waals surface area contributed by atoms with Gasteiger partial charge >= 0.3 is 0 Å². The second kappa shape index (κ2) is 3.45. The number of oxazole rings is 1. The summed E-state index contributed by atoms with van der Waals surface area (Å²) in [5.74, 6) is -0.0289. The summed E-state index contributed by atoms with van der Waals surface area (Å²) in [4.78, 5) is 6.18. The maximum absolute atomic E-state index is 12.9. The number of hydrogen-bond donors (Lipinski definition) is 1. The summed E-state index contributed by atoms with van der Waals surface area (Å²) in [5, 5.41) is 8.90. The first-order chi connectivity index (χ1) is 7.76. The normalized spacial score (nSPS) is 16.8. The van der Waals surface area contributed by atoms with E-state index in [1.165, 1.54) is 12.1 Å². The molecule has 1 saturated heterocycles. The van der Waals surface area contributed by atoms with Crippen molar-refractivity contribution in [2.45, 2.75) is 0 Å². The summed E-state index contributed by atoms with van der Waals surface area (Å²) in [6.07, 6.45) is 0. The number of nitrogens with zero attached hydrogens (tertiary/aromatic N) is 2. The van der Waals surface area contributed by atoms with E-state index in [9.17, 15) is 4.39 Å². The molecule has 0 bridgehead atoms. The van der Waals surface area contributed by atoms with Gasteiger partial charge in [0, 0.05) is 31.7 Å². The van der Waals surface area contributed by atoms with E-state index < -0.39 is 0 Å². The number of rotatable bonds is 2. The maximum atomic E-state index is 12.9. The highest BCUT2D eigenvalue weighted by Gasteiger charge is 2.29. The lowest BCUT2D eigenvalue weighted by Crippen LogP contribution is -2.48. The number of halogens is 1. The van der Waals surface area contributed by atoms with E-state index in [4.69, 9.17) is 9.52 Å². The molecule has 5 heteroatoms. The highest BCUT2D eigenvalue weighted by molar-refractivity contribution is 5.74. The quantitative estimate of drug-likeness (QED) is 0.834. The minimum absolute atomic E-state index is 0.186. The fourth-order valence-electron chi connectivity index (χ4n) is 1.86. The molecule has 0 amide bonds. The van der Waals surface area contributed by atoms with Gasteiger partial charge in [-0.25, -0.2) is 4.39 Å². The van der Waals surface area contributed by atoms with Gasteiger partial charge in [0.15, 0.2) is 5.58 Å². The van der Waals surface area contributed by atoms with Crippen LogP contribution in [0.2, 0.25) is 0 Å². The van der Waals surface area contributed by atoms with Gasteiger partial charge in [0.25, 0.3) is 6.01 Å². The van der Waals surface area contributed by atoms with Crippen LogP contribution in [0.4, 0.5) is 10.4 Å². The molecule has 1 aromatic heterocycles. The topological polar surface area (TPSA) is 49.5 Å². The first-order valence-corrected chi connectivity index (χ1v) is 5.18. The van der Waals surface area contributed by atoms with Crippen molar-refractivity contribution in [2.75, 3.05) is 24.6 Å². The summed E-state index contributed by atoms with van der Waals surface area (Å²) in [6, 6.07) is 4.79. The Hall–Kier alpha value is -1.62. The fourth-order valence-corrected chi connectivity index (χ4v) is 1.86. The molecule has 0 radical (unpaired) electrons. The second-order valence-corrected chi connectivity index (χ2v) is 4.06. The standard InChI is InChI=1S/C11H11FN2O2/c12-8-1-2-9-10(3-8)16-11(13-9)14-4-7(5-14)6-15/h1-3,7,15H,4-6H2.